The molecule has 0 radical (unpaired) electrons. The Labute approximate surface area is 196 Å². The number of anilines is 2. The lowest BCUT2D eigenvalue weighted by atomic mass is 10.0. The monoisotopic (exact) mass is 488 g/mol. The Balaban J connectivity index is 1.43. The normalized spacial score (nSPS) is 14.8. The zero-order chi connectivity index (χ0) is 22.1. The average Bonchev–Trinajstić information content (AvgIpc) is 2.80. The van der Waals surface area contributed by atoms with E-state index in [1.807, 2.05) is 48.5 Å². The summed E-state index contributed by atoms with van der Waals surface area (Å²) in [7, 11) is 2.15. The Hall–Kier alpha value is -2.96. The minimum Gasteiger partial charge on any atom is -0.368 e. The smallest absolute Gasteiger partial charge is 0.229 e. The molecule has 6 heteroatoms. The number of carbonyl (C=O) groups is 1. The van der Waals surface area contributed by atoms with Crippen LogP contribution in [0.4, 0.5) is 11.5 Å². The zero-order valence-electron chi connectivity index (χ0n) is 18.0. The van der Waals surface area contributed by atoms with E-state index < -0.39 is 0 Å². The largest absolute Gasteiger partial charge is 0.368 e. The number of aromatic nitrogens is 1. The second-order valence-electron chi connectivity index (χ2n) is 8.31. The van der Waals surface area contributed by atoms with Gasteiger partial charge in [0.25, 0.3) is 0 Å². The van der Waals surface area contributed by atoms with Crippen LogP contribution >= 0.6 is 15.9 Å². The molecule has 0 atom stereocenters. The minimum atomic E-state index is -0.0652. The first-order valence-electron chi connectivity index (χ1n) is 10.9. The molecule has 32 heavy (non-hydrogen) atoms. The maximum Gasteiger partial charge on any atom is 0.229 e. The number of likely N-dealkylation sites (N-methyl/N-ethyl adjacent to an activating group) is 1. The van der Waals surface area contributed by atoms with Gasteiger partial charge in [0, 0.05) is 47.8 Å². The lowest BCUT2D eigenvalue weighted by Gasteiger charge is -2.34. The summed E-state index contributed by atoms with van der Waals surface area (Å²) in [6.07, 6.45) is 0.298. The highest BCUT2D eigenvalue weighted by molar-refractivity contribution is 9.10. The van der Waals surface area contributed by atoms with Crippen LogP contribution in [0.5, 0.6) is 0 Å². The lowest BCUT2D eigenvalue weighted by Crippen LogP contribution is -2.44. The number of nitrogens with one attached hydrogen (secondary N) is 1. The Kier molecular flexibility index (Phi) is 5.81. The Morgan fingerprint density at radius 1 is 0.938 bits per heavy atom. The Morgan fingerprint density at radius 2 is 1.66 bits per heavy atom. The molecule has 0 bridgehead atoms. The summed E-state index contributed by atoms with van der Waals surface area (Å²) < 4.78 is 1.03. The van der Waals surface area contributed by atoms with Crippen LogP contribution in [-0.2, 0) is 11.2 Å². The average molecular weight is 489 g/mol. The van der Waals surface area contributed by atoms with Gasteiger partial charge in [-0.2, -0.15) is 0 Å². The minimum absolute atomic E-state index is 0.0652. The molecule has 1 aromatic heterocycles. The number of pyridine rings is 1. The molecule has 1 fully saturated rings. The van der Waals surface area contributed by atoms with E-state index in [4.69, 9.17) is 4.98 Å². The number of fused-ring (bicyclic) bond motifs is 2. The Bertz CT molecular complexity index is 1300. The number of hydrogen-bond donors (Lipinski definition) is 1. The van der Waals surface area contributed by atoms with Gasteiger partial charge in [-0.25, -0.2) is 4.98 Å². The zero-order valence-corrected chi connectivity index (χ0v) is 19.6. The number of nitrogens with zero attached hydrogens (tertiary/aromatic N) is 3. The van der Waals surface area contributed by atoms with Gasteiger partial charge in [0.15, 0.2) is 0 Å². The van der Waals surface area contributed by atoms with Crippen molar-refractivity contribution in [2.24, 2.45) is 0 Å². The van der Waals surface area contributed by atoms with Gasteiger partial charge in [0.05, 0.1) is 11.9 Å². The van der Waals surface area contributed by atoms with Crippen LogP contribution in [0.1, 0.15) is 5.56 Å². The molecule has 1 saturated heterocycles. The predicted octanol–water partition coefficient (Wildman–Crippen LogP) is 5.08. The van der Waals surface area contributed by atoms with Crippen LogP contribution in [0.25, 0.3) is 21.7 Å². The lowest BCUT2D eigenvalue weighted by molar-refractivity contribution is -0.115. The van der Waals surface area contributed by atoms with Crippen LogP contribution in [0.3, 0.4) is 0 Å². The summed E-state index contributed by atoms with van der Waals surface area (Å²) in [5, 5.41) is 6.37. The van der Waals surface area contributed by atoms with Gasteiger partial charge in [-0.3, -0.25) is 4.79 Å². The number of para-hydroxylation sites is 1. The fraction of sp³-hybridized carbons (Fsp3) is 0.231. The SMILES string of the molecule is CN1CCN(c2cc(NC(=O)Cc3cccc4c(Br)cccc34)nc3ccccc23)CC1. The van der Waals surface area contributed by atoms with E-state index in [0.717, 1.165) is 63.6 Å². The molecular weight excluding hydrogens is 464 g/mol. The quantitative estimate of drug-likeness (QED) is 0.434. The van der Waals surface area contributed by atoms with E-state index in [0.29, 0.717) is 12.2 Å². The second-order valence-corrected chi connectivity index (χ2v) is 9.17. The molecule has 4 aromatic rings. The molecule has 0 unspecified atom stereocenters. The van der Waals surface area contributed by atoms with E-state index in [-0.39, 0.29) is 5.91 Å². The van der Waals surface area contributed by atoms with Crippen molar-refractivity contribution < 1.29 is 4.79 Å². The topological polar surface area (TPSA) is 48.5 Å². The first-order valence-corrected chi connectivity index (χ1v) is 11.7. The fourth-order valence-electron chi connectivity index (χ4n) is 4.38. The van der Waals surface area contributed by atoms with E-state index in [2.05, 4.69) is 56.3 Å². The van der Waals surface area contributed by atoms with Gasteiger partial charge in [-0.15, -0.1) is 0 Å². The first-order chi connectivity index (χ1) is 15.6. The third-order valence-electron chi connectivity index (χ3n) is 6.12. The van der Waals surface area contributed by atoms with Crippen molar-refractivity contribution in [3.63, 3.8) is 0 Å². The summed E-state index contributed by atoms with van der Waals surface area (Å²) >= 11 is 3.61. The van der Waals surface area contributed by atoms with Gasteiger partial charge < -0.3 is 15.1 Å². The van der Waals surface area contributed by atoms with Crippen molar-refractivity contribution in [1.82, 2.24) is 9.88 Å². The number of piperazine rings is 1. The first kappa shape index (κ1) is 20.9. The highest BCUT2D eigenvalue weighted by Crippen LogP contribution is 2.30. The number of halogens is 1. The molecule has 2 heterocycles. The molecule has 3 aromatic carbocycles. The molecule has 162 valence electrons. The summed E-state index contributed by atoms with van der Waals surface area (Å²) in [5.41, 5.74) is 3.03. The summed E-state index contributed by atoms with van der Waals surface area (Å²) in [4.78, 5) is 22.5. The van der Waals surface area contributed by atoms with E-state index in [9.17, 15) is 4.79 Å². The standard InChI is InChI=1S/C26H25BrN4O/c1-30-12-14-31(15-13-30)24-17-25(28-23-11-3-2-7-21(23)24)29-26(32)16-18-6-4-9-20-19(18)8-5-10-22(20)27/h2-11,17H,12-16H2,1H3,(H,28,29,32). The van der Waals surface area contributed by atoms with Gasteiger partial charge in [-0.1, -0.05) is 64.5 Å². The van der Waals surface area contributed by atoms with Crippen molar-refractivity contribution in [2.45, 2.75) is 6.42 Å². The number of rotatable bonds is 4. The van der Waals surface area contributed by atoms with Crippen LogP contribution < -0.4 is 10.2 Å². The van der Waals surface area contributed by atoms with E-state index in [1.165, 1.54) is 0 Å². The summed E-state index contributed by atoms with van der Waals surface area (Å²) in [5.74, 6) is 0.536. The second kappa shape index (κ2) is 8.88. The van der Waals surface area contributed by atoms with Crippen molar-refractivity contribution in [2.75, 3.05) is 43.4 Å². The number of benzene rings is 3. The molecule has 1 N–H and O–H groups in total. The molecule has 0 saturated carbocycles. The number of hydrogen-bond acceptors (Lipinski definition) is 4. The molecule has 0 aliphatic carbocycles. The summed E-state index contributed by atoms with van der Waals surface area (Å²) in [6.45, 7) is 3.97. The van der Waals surface area contributed by atoms with Crippen molar-refractivity contribution in [3.8, 4) is 0 Å². The fourth-order valence-corrected chi connectivity index (χ4v) is 4.88. The van der Waals surface area contributed by atoms with E-state index in [1.54, 1.807) is 0 Å². The molecule has 1 aliphatic heterocycles. The highest BCUT2D eigenvalue weighted by Gasteiger charge is 2.18. The third-order valence-corrected chi connectivity index (χ3v) is 6.81. The van der Waals surface area contributed by atoms with Crippen LogP contribution in [0.2, 0.25) is 0 Å². The Morgan fingerprint density at radius 3 is 2.50 bits per heavy atom. The van der Waals surface area contributed by atoms with Gasteiger partial charge in [0.1, 0.15) is 5.82 Å². The highest BCUT2D eigenvalue weighted by atomic mass is 79.9. The van der Waals surface area contributed by atoms with Crippen LogP contribution in [-0.4, -0.2) is 49.0 Å². The molecule has 5 nitrogen and oxygen atoms in total. The van der Waals surface area contributed by atoms with Crippen LogP contribution in [0.15, 0.2) is 71.2 Å². The molecule has 1 amide bonds. The molecular formula is C26H25BrN4O. The summed E-state index contributed by atoms with van der Waals surface area (Å²) in [6, 6.07) is 22.3. The van der Waals surface area contributed by atoms with Crippen molar-refractivity contribution in [3.05, 3.63) is 76.8 Å². The predicted molar refractivity (Wildman–Crippen MR) is 135 cm³/mol. The van der Waals surface area contributed by atoms with Gasteiger partial charge >= 0.3 is 0 Å². The maximum absolute atomic E-state index is 13.0. The maximum atomic E-state index is 13.0. The number of carbonyl (C=O) groups excluding carboxylic acids is 1. The molecule has 5 rings (SSSR count). The van der Waals surface area contributed by atoms with Crippen LogP contribution in [0, 0.1) is 0 Å². The van der Waals surface area contributed by atoms with Crippen molar-refractivity contribution >= 4 is 55.0 Å². The van der Waals surface area contributed by atoms with Gasteiger partial charge in [0.2, 0.25) is 5.91 Å². The third kappa shape index (κ3) is 4.20. The van der Waals surface area contributed by atoms with E-state index >= 15 is 0 Å². The van der Waals surface area contributed by atoms with Gasteiger partial charge in [-0.05, 0) is 35.5 Å². The number of amides is 1. The molecule has 1 aliphatic rings. The molecule has 0 spiro atoms. The van der Waals surface area contributed by atoms with Crippen molar-refractivity contribution in [1.29, 1.82) is 0 Å².